The van der Waals surface area contributed by atoms with Crippen LogP contribution in [0.2, 0.25) is 0 Å². The summed E-state index contributed by atoms with van der Waals surface area (Å²) in [5.74, 6) is 0.0898. The highest BCUT2D eigenvalue weighted by molar-refractivity contribution is 6.46. The van der Waals surface area contributed by atoms with Gasteiger partial charge in [-0.3, -0.25) is 9.59 Å². The van der Waals surface area contributed by atoms with Gasteiger partial charge in [-0.1, -0.05) is 31.2 Å². The topological polar surface area (TPSA) is 89.2 Å². The van der Waals surface area contributed by atoms with Gasteiger partial charge in [-0.2, -0.15) is 0 Å². The average molecular weight is 462 g/mol. The molecule has 0 aliphatic carbocycles. The molecule has 0 radical (unpaired) electrons. The van der Waals surface area contributed by atoms with E-state index in [0.29, 0.717) is 41.6 Å². The molecule has 1 fully saturated rings. The number of aliphatic hydroxyl groups excluding tert-OH is 1. The van der Waals surface area contributed by atoms with Gasteiger partial charge in [-0.05, 0) is 55.3 Å². The van der Waals surface area contributed by atoms with Gasteiger partial charge in [-0.15, -0.1) is 0 Å². The maximum absolute atomic E-state index is 13.2. The average Bonchev–Trinajstić information content (AvgIpc) is 3.45. The smallest absolute Gasteiger partial charge is 0.296 e. The minimum Gasteiger partial charge on any atom is -0.507 e. The van der Waals surface area contributed by atoms with E-state index in [1.165, 1.54) is 11.2 Å². The first-order chi connectivity index (χ1) is 16.5. The lowest BCUT2D eigenvalue weighted by molar-refractivity contribution is -0.140. The van der Waals surface area contributed by atoms with Crippen LogP contribution in [-0.2, 0) is 16.1 Å². The second-order valence-corrected chi connectivity index (χ2v) is 7.88. The number of aliphatic hydroxyl groups is 1. The van der Waals surface area contributed by atoms with Gasteiger partial charge in [0.25, 0.3) is 11.7 Å². The SMILES string of the molecule is CCCOc1ccc(C2/C(=C(\O)c3cccc(OCC)c3)C(=O)C(=O)N2Cc2ccco2)cc1. The summed E-state index contributed by atoms with van der Waals surface area (Å²) in [6.45, 7) is 5.03. The number of amides is 1. The van der Waals surface area contributed by atoms with Gasteiger partial charge in [-0.25, -0.2) is 0 Å². The third-order valence-electron chi connectivity index (χ3n) is 5.53. The second kappa shape index (κ2) is 10.3. The monoisotopic (exact) mass is 461 g/mol. The summed E-state index contributed by atoms with van der Waals surface area (Å²) in [7, 11) is 0. The molecular formula is C27H27NO6. The fourth-order valence-electron chi connectivity index (χ4n) is 3.98. The number of carbonyl (C=O) groups is 2. The van der Waals surface area contributed by atoms with Crippen LogP contribution in [0.3, 0.4) is 0 Å². The van der Waals surface area contributed by atoms with E-state index in [1.54, 1.807) is 60.7 Å². The fraction of sp³-hybridized carbons (Fsp3) is 0.259. The van der Waals surface area contributed by atoms with Crippen LogP contribution in [0.4, 0.5) is 0 Å². The summed E-state index contributed by atoms with van der Waals surface area (Å²) in [5, 5.41) is 11.2. The first kappa shape index (κ1) is 23.2. The van der Waals surface area contributed by atoms with E-state index in [2.05, 4.69) is 0 Å². The Morgan fingerprint density at radius 1 is 1.00 bits per heavy atom. The molecule has 1 atom stereocenters. The van der Waals surface area contributed by atoms with Crippen LogP contribution < -0.4 is 9.47 Å². The molecule has 1 saturated heterocycles. The van der Waals surface area contributed by atoms with Crippen LogP contribution in [0.1, 0.15) is 43.2 Å². The number of ketones is 1. The van der Waals surface area contributed by atoms with Gasteiger partial charge in [0.2, 0.25) is 0 Å². The number of benzene rings is 2. The van der Waals surface area contributed by atoms with Crippen molar-refractivity contribution in [2.75, 3.05) is 13.2 Å². The van der Waals surface area contributed by atoms with Crippen LogP contribution in [-0.4, -0.2) is 34.9 Å². The van der Waals surface area contributed by atoms with E-state index in [4.69, 9.17) is 13.9 Å². The maximum Gasteiger partial charge on any atom is 0.296 e. The number of rotatable bonds is 9. The van der Waals surface area contributed by atoms with Crippen LogP contribution in [0, 0.1) is 0 Å². The summed E-state index contributed by atoms with van der Waals surface area (Å²) >= 11 is 0. The van der Waals surface area contributed by atoms with Crippen LogP contribution in [0.25, 0.3) is 5.76 Å². The molecule has 1 aliphatic rings. The molecule has 1 aliphatic heterocycles. The van der Waals surface area contributed by atoms with E-state index >= 15 is 0 Å². The fourth-order valence-corrected chi connectivity index (χ4v) is 3.98. The highest BCUT2D eigenvalue weighted by Gasteiger charge is 2.46. The third kappa shape index (κ3) is 4.69. The number of Topliss-reactive ketones (excluding diaryl/α,β-unsaturated/α-hetero) is 1. The maximum atomic E-state index is 13.2. The molecule has 3 aromatic rings. The first-order valence-electron chi connectivity index (χ1n) is 11.3. The van der Waals surface area contributed by atoms with Gasteiger partial charge >= 0.3 is 0 Å². The lowest BCUT2D eigenvalue weighted by Gasteiger charge is -2.24. The molecule has 1 amide bonds. The largest absolute Gasteiger partial charge is 0.507 e. The molecule has 7 heteroatoms. The van der Waals surface area contributed by atoms with E-state index in [-0.39, 0.29) is 17.9 Å². The molecule has 7 nitrogen and oxygen atoms in total. The Bertz CT molecular complexity index is 1180. The molecule has 1 unspecified atom stereocenters. The van der Waals surface area contributed by atoms with Gasteiger partial charge in [0, 0.05) is 5.56 Å². The molecule has 0 spiro atoms. The molecule has 0 bridgehead atoms. The molecule has 0 saturated carbocycles. The normalized spacial score (nSPS) is 17.2. The zero-order chi connectivity index (χ0) is 24.1. The number of nitrogens with zero attached hydrogens (tertiary/aromatic N) is 1. The first-order valence-corrected chi connectivity index (χ1v) is 11.3. The van der Waals surface area contributed by atoms with Crippen molar-refractivity contribution in [2.24, 2.45) is 0 Å². The van der Waals surface area contributed by atoms with Crippen molar-refractivity contribution in [3.63, 3.8) is 0 Å². The van der Waals surface area contributed by atoms with Crippen LogP contribution in [0.5, 0.6) is 11.5 Å². The molecule has 176 valence electrons. The van der Waals surface area contributed by atoms with Crippen molar-refractivity contribution in [3.05, 3.63) is 89.4 Å². The summed E-state index contributed by atoms with van der Waals surface area (Å²) in [6.07, 6.45) is 2.39. The van der Waals surface area contributed by atoms with Crippen molar-refractivity contribution in [1.82, 2.24) is 4.90 Å². The van der Waals surface area contributed by atoms with E-state index < -0.39 is 17.7 Å². The van der Waals surface area contributed by atoms with Crippen molar-refractivity contribution in [3.8, 4) is 11.5 Å². The Hall–Kier alpha value is -4.00. The second-order valence-electron chi connectivity index (χ2n) is 7.88. The standard InChI is InChI=1S/C27H27NO6/c1-3-14-33-20-12-10-18(11-13-20)24-23(25(29)19-7-5-8-21(16-19)32-4-2)26(30)27(31)28(24)17-22-9-6-15-34-22/h5-13,15-16,24,29H,3-4,14,17H2,1-2H3/b25-23+. The summed E-state index contributed by atoms with van der Waals surface area (Å²) < 4.78 is 16.6. The van der Waals surface area contributed by atoms with E-state index in [9.17, 15) is 14.7 Å². The van der Waals surface area contributed by atoms with E-state index in [0.717, 1.165) is 6.42 Å². The molecule has 1 aromatic heterocycles. The minimum atomic E-state index is -0.791. The van der Waals surface area contributed by atoms with Crippen molar-refractivity contribution < 1.29 is 28.6 Å². The zero-order valence-electron chi connectivity index (χ0n) is 19.2. The Morgan fingerprint density at radius 2 is 1.79 bits per heavy atom. The van der Waals surface area contributed by atoms with Gasteiger partial charge in [0.1, 0.15) is 23.0 Å². The molecule has 34 heavy (non-hydrogen) atoms. The highest BCUT2D eigenvalue weighted by atomic mass is 16.5. The molecule has 2 heterocycles. The number of carbonyl (C=O) groups excluding carboxylic acids is 2. The van der Waals surface area contributed by atoms with Crippen LogP contribution >= 0.6 is 0 Å². The Labute approximate surface area is 198 Å². The zero-order valence-corrected chi connectivity index (χ0v) is 19.2. The van der Waals surface area contributed by atoms with Gasteiger partial charge in [0.05, 0.1) is 37.6 Å². The van der Waals surface area contributed by atoms with Crippen molar-refractivity contribution in [1.29, 1.82) is 0 Å². The number of furan rings is 1. The Morgan fingerprint density at radius 3 is 2.47 bits per heavy atom. The van der Waals surface area contributed by atoms with Crippen molar-refractivity contribution in [2.45, 2.75) is 32.9 Å². The number of ether oxygens (including phenoxy) is 2. The molecule has 1 N–H and O–H groups in total. The van der Waals surface area contributed by atoms with Gasteiger partial charge in [0.15, 0.2) is 0 Å². The highest BCUT2D eigenvalue weighted by Crippen LogP contribution is 2.41. The van der Waals surface area contributed by atoms with Crippen molar-refractivity contribution >= 4 is 17.4 Å². The summed E-state index contributed by atoms with van der Waals surface area (Å²) in [6, 6.07) is 16.7. The predicted octanol–water partition coefficient (Wildman–Crippen LogP) is 5.09. The van der Waals surface area contributed by atoms with Gasteiger partial charge < -0.3 is 23.9 Å². The van der Waals surface area contributed by atoms with E-state index in [1.807, 2.05) is 13.8 Å². The number of hydrogen-bond donors (Lipinski definition) is 1. The lowest BCUT2D eigenvalue weighted by Crippen LogP contribution is -2.29. The summed E-state index contributed by atoms with van der Waals surface area (Å²) in [4.78, 5) is 27.7. The Kier molecular flexibility index (Phi) is 7.01. The molecular weight excluding hydrogens is 434 g/mol. The number of likely N-dealkylation sites (tertiary alicyclic amines) is 1. The van der Waals surface area contributed by atoms with Crippen LogP contribution in [0.15, 0.2) is 76.9 Å². The third-order valence-corrected chi connectivity index (χ3v) is 5.53. The lowest BCUT2D eigenvalue weighted by atomic mass is 9.95. The molecule has 2 aromatic carbocycles. The Balaban J connectivity index is 1.79. The molecule has 4 rings (SSSR count). The number of hydrogen-bond acceptors (Lipinski definition) is 6. The predicted molar refractivity (Wildman–Crippen MR) is 126 cm³/mol. The quantitative estimate of drug-likeness (QED) is 0.271. The minimum absolute atomic E-state index is 0.0208. The summed E-state index contributed by atoms with van der Waals surface area (Å²) in [5.41, 5.74) is 1.10.